The molecule has 0 aliphatic rings. The Labute approximate surface area is 141 Å². The smallest absolute Gasteiger partial charge is 0.409 e. The summed E-state index contributed by atoms with van der Waals surface area (Å²) >= 11 is 3.29. The minimum Gasteiger partial charge on any atom is -0.465 e. The second-order valence-corrected chi connectivity index (χ2v) is 5.87. The van der Waals surface area contributed by atoms with E-state index < -0.39 is 6.09 Å². The third kappa shape index (κ3) is 5.34. The third-order valence-corrected chi connectivity index (χ3v) is 3.66. The molecule has 1 amide bonds. The van der Waals surface area contributed by atoms with Crippen molar-refractivity contribution in [1.82, 2.24) is 0 Å². The number of hydrogen-bond acceptors (Lipinski definition) is 3. The van der Waals surface area contributed by atoms with Gasteiger partial charge in [-0.05, 0) is 29.8 Å². The highest BCUT2D eigenvalue weighted by atomic mass is 79.9. The van der Waals surface area contributed by atoms with Crippen molar-refractivity contribution in [3.63, 3.8) is 0 Å². The van der Waals surface area contributed by atoms with Crippen molar-refractivity contribution in [2.24, 2.45) is 0 Å². The van der Waals surface area contributed by atoms with E-state index in [1.54, 1.807) is 48.5 Å². The van der Waals surface area contributed by atoms with Gasteiger partial charge >= 0.3 is 6.09 Å². The third-order valence-electron chi connectivity index (χ3n) is 3.13. The highest BCUT2D eigenvalue weighted by molar-refractivity contribution is 9.10. The summed E-state index contributed by atoms with van der Waals surface area (Å²) in [6.07, 6.45) is -1.17. The van der Waals surface area contributed by atoms with Crippen LogP contribution in [-0.2, 0) is 11.2 Å². The lowest BCUT2D eigenvalue weighted by atomic mass is 10.0. The predicted molar refractivity (Wildman–Crippen MR) is 89.9 cm³/mol. The van der Waals surface area contributed by atoms with E-state index in [0.29, 0.717) is 11.3 Å². The summed E-state index contributed by atoms with van der Waals surface area (Å²) < 4.78 is 0.871. The average molecular weight is 376 g/mol. The maximum atomic E-state index is 12.0. The van der Waals surface area contributed by atoms with E-state index >= 15 is 0 Å². The molecule has 0 saturated carbocycles. The molecule has 0 aliphatic heterocycles. The lowest BCUT2D eigenvalue weighted by molar-refractivity contribution is -0.117. The quantitative estimate of drug-likeness (QED) is 0.591. The first kappa shape index (κ1) is 16.9. The molecule has 0 unspecified atom stereocenters. The van der Waals surface area contributed by atoms with Crippen molar-refractivity contribution >= 4 is 39.3 Å². The Morgan fingerprint density at radius 1 is 0.957 bits per heavy atom. The van der Waals surface area contributed by atoms with Gasteiger partial charge in [0.05, 0.1) is 6.42 Å². The SMILES string of the molecule is O=C(CC(=O)c1ccc(Br)cc1)Cc1ccc(NC(=O)O)cc1. The Hall–Kier alpha value is -2.47. The van der Waals surface area contributed by atoms with Crippen molar-refractivity contribution < 1.29 is 19.5 Å². The van der Waals surface area contributed by atoms with Crippen LogP contribution in [0, 0.1) is 0 Å². The summed E-state index contributed by atoms with van der Waals surface area (Å²) in [5.74, 6) is -0.400. The molecule has 2 aromatic rings. The molecule has 23 heavy (non-hydrogen) atoms. The predicted octanol–water partition coefficient (Wildman–Crippen LogP) is 3.92. The van der Waals surface area contributed by atoms with Crippen molar-refractivity contribution in [2.45, 2.75) is 12.8 Å². The number of amides is 1. The van der Waals surface area contributed by atoms with Crippen molar-refractivity contribution in [3.05, 3.63) is 64.1 Å². The van der Waals surface area contributed by atoms with Crippen LogP contribution in [0.2, 0.25) is 0 Å². The van der Waals surface area contributed by atoms with Crippen LogP contribution < -0.4 is 5.32 Å². The molecule has 0 saturated heterocycles. The number of Topliss-reactive ketones (excluding diaryl/α,β-unsaturated/α-hetero) is 2. The molecule has 2 aromatic carbocycles. The molecule has 0 heterocycles. The molecule has 0 atom stereocenters. The Bertz CT molecular complexity index is 723. The summed E-state index contributed by atoms with van der Waals surface area (Å²) in [5, 5.41) is 10.8. The first-order valence-electron chi connectivity index (χ1n) is 6.83. The van der Waals surface area contributed by atoms with E-state index in [4.69, 9.17) is 5.11 Å². The molecule has 6 heteroatoms. The number of carboxylic acid groups (broad SMARTS) is 1. The monoisotopic (exact) mass is 375 g/mol. The molecule has 2 N–H and O–H groups in total. The van der Waals surface area contributed by atoms with Gasteiger partial charge in [0.1, 0.15) is 5.78 Å². The van der Waals surface area contributed by atoms with Gasteiger partial charge in [-0.2, -0.15) is 0 Å². The largest absolute Gasteiger partial charge is 0.465 e. The van der Waals surface area contributed by atoms with Gasteiger partial charge in [0.2, 0.25) is 0 Å². The Morgan fingerprint density at radius 3 is 2.13 bits per heavy atom. The Kier molecular flexibility index (Phi) is 5.65. The molecule has 0 spiro atoms. The number of hydrogen-bond donors (Lipinski definition) is 2. The summed E-state index contributed by atoms with van der Waals surface area (Å²) in [7, 11) is 0. The summed E-state index contributed by atoms with van der Waals surface area (Å²) in [5.41, 5.74) is 1.66. The average Bonchev–Trinajstić information content (AvgIpc) is 2.49. The number of nitrogens with one attached hydrogen (secondary N) is 1. The molecule has 0 fully saturated rings. The van der Waals surface area contributed by atoms with Crippen LogP contribution >= 0.6 is 15.9 Å². The molecule has 5 nitrogen and oxygen atoms in total. The topological polar surface area (TPSA) is 83.5 Å². The van der Waals surface area contributed by atoms with Crippen LogP contribution in [-0.4, -0.2) is 22.8 Å². The van der Waals surface area contributed by atoms with Gasteiger partial charge in [-0.25, -0.2) is 4.79 Å². The molecule has 0 bridgehead atoms. The van der Waals surface area contributed by atoms with Crippen LogP contribution in [0.4, 0.5) is 10.5 Å². The van der Waals surface area contributed by atoms with Crippen LogP contribution in [0.15, 0.2) is 53.0 Å². The van der Waals surface area contributed by atoms with Crippen LogP contribution in [0.1, 0.15) is 22.3 Å². The molecule has 0 aliphatic carbocycles. The zero-order valence-corrected chi connectivity index (χ0v) is 13.7. The fourth-order valence-electron chi connectivity index (χ4n) is 2.04. The second-order valence-electron chi connectivity index (χ2n) is 4.95. The number of halogens is 1. The molecular weight excluding hydrogens is 362 g/mol. The normalized spacial score (nSPS) is 10.1. The van der Waals surface area contributed by atoms with Gasteiger partial charge in [-0.1, -0.05) is 40.2 Å². The van der Waals surface area contributed by atoms with Gasteiger partial charge in [0.15, 0.2) is 5.78 Å². The second kappa shape index (κ2) is 7.69. The fraction of sp³-hybridized carbons (Fsp3) is 0.118. The highest BCUT2D eigenvalue weighted by Gasteiger charge is 2.12. The molecular formula is C17H14BrNO4. The van der Waals surface area contributed by atoms with E-state index in [2.05, 4.69) is 21.2 Å². The number of carbonyl (C=O) groups is 3. The van der Waals surface area contributed by atoms with Crippen LogP contribution in [0.25, 0.3) is 0 Å². The van der Waals surface area contributed by atoms with E-state index in [1.165, 1.54) is 0 Å². The lowest BCUT2D eigenvalue weighted by Crippen LogP contribution is -2.11. The number of benzene rings is 2. The zero-order chi connectivity index (χ0) is 16.8. The minimum atomic E-state index is -1.14. The van der Waals surface area contributed by atoms with E-state index in [-0.39, 0.29) is 24.4 Å². The summed E-state index contributed by atoms with van der Waals surface area (Å²) in [6.45, 7) is 0. The van der Waals surface area contributed by atoms with Crippen LogP contribution in [0.5, 0.6) is 0 Å². The van der Waals surface area contributed by atoms with E-state index in [1.807, 2.05) is 0 Å². The zero-order valence-electron chi connectivity index (χ0n) is 12.1. The molecule has 118 valence electrons. The number of ketones is 2. The first-order valence-corrected chi connectivity index (χ1v) is 7.62. The maximum Gasteiger partial charge on any atom is 0.409 e. The lowest BCUT2D eigenvalue weighted by Gasteiger charge is -2.04. The van der Waals surface area contributed by atoms with Gasteiger partial charge in [-0.3, -0.25) is 14.9 Å². The van der Waals surface area contributed by atoms with Gasteiger partial charge in [-0.15, -0.1) is 0 Å². The Morgan fingerprint density at radius 2 is 1.57 bits per heavy atom. The fourth-order valence-corrected chi connectivity index (χ4v) is 2.30. The van der Waals surface area contributed by atoms with Crippen molar-refractivity contribution in [3.8, 4) is 0 Å². The number of anilines is 1. The van der Waals surface area contributed by atoms with E-state index in [9.17, 15) is 14.4 Å². The summed E-state index contributed by atoms with van der Waals surface area (Å²) in [6, 6.07) is 13.3. The summed E-state index contributed by atoms with van der Waals surface area (Å²) in [4.78, 5) is 34.5. The number of carbonyl (C=O) groups excluding carboxylic acids is 2. The minimum absolute atomic E-state index is 0.135. The standard InChI is InChI=1S/C17H14BrNO4/c18-13-5-3-12(4-6-13)16(21)10-15(20)9-11-1-7-14(8-2-11)19-17(22)23/h1-8,19H,9-10H2,(H,22,23). The van der Waals surface area contributed by atoms with Crippen molar-refractivity contribution in [2.75, 3.05) is 5.32 Å². The molecule has 0 aromatic heterocycles. The van der Waals surface area contributed by atoms with Gasteiger partial charge in [0.25, 0.3) is 0 Å². The maximum absolute atomic E-state index is 12.0. The van der Waals surface area contributed by atoms with Gasteiger partial charge < -0.3 is 5.11 Å². The molecule has 0 radical (unpaired) electrons. The molecule has 2 rings (SSSR count). The highest BCUT2D eigenvalue weighted by Crippen LogP contribution is 2.14. The first-order chi connectivity index (χ1) is 10.9. The van der Waals surface area contributed by atoms with Gasteiger partial charge in [0, 0.05) is 22.1 Å². The van der Waals surface area contributed by atoms with E-state index in [0.717, 1.165) is 10.0 Å². The number of rotatable bonds is 6. The van der Waals surface area contributed by atoms with Crippen molar-refractivity contribution in [1.29, 1.82) is 0 Å². The Balaban J connectivity index is 1.92. The van der Waals surface area contributed by atoms with Crippen LogP contribution in [0.3, 0.4) is 0 Å².